The maximum atomic E-state index is 11.6. The molecular weight excluding hydrogens is 298 g/mol. The summed E-state index contributed by atoms with van der Waals surface area (Å²) < 4.78 is 11.7. The van der Waals surface area contributed by atoms with Crippen molar-refractivity contribution in [1.82, 2.24) is 5.32 Å². The van der Waals surface area contributed by atoms with E-state index in [1.165, 1.54) is 0 Å². The smallest absolute Gasteiger partial charge is 0.258 e. The van der Waals surface area contributed by atoms with Crippen LogP contribution in [-0.4, -0.2) is 31.8 Å². The van der Waals surface area contributed by atoms with Gasteiger partial charge in [-0.15, -0.1) is 0 Å². The summed E-state index contributed by atoms with van der Waals surface area (Å²) in [7, 11) is 0. The zero-order valence-electron chi connectivity index (χ0n) is 10.0. The number of nitrogens with one attached hydrogen (secondary N) is 1. The minimum absolute atomic E-state index is 0.0309. The third kappa shape index (κ3) is 4.31. The van der Waals surface area contributed by atoms with Gasteiger partial charge in [-0.1, -0.05) is 22.0 Å². The average molecular weight is 314 g/mol. The topological polar surface area (TPSA) is 47.6 Å². The normalized spacial score (nSPS) is 18.6. The number of ether oxygens (including phenoxy) is 2. The van der Waals surface area contributed by atoms with Gasteiger partial charge in [-0.2, -0.15) is 0 Å². The molecule has 1 aromatic carbocycles. The van der Waals surface area contributed by atoms with E-state index in [0.29, 0.717) is 12.3 Å². The van der Waals surface area contributed by atoms with Crippen molar-refractivity contribution in [3.8, 4) is 5.75 Å². The molecule has 1 atom stereocenters. The molecule has 18 heavy (non-hydrogen) atoms. The van der Waals surface area contributed by atoms with Crippen LogP contribution in [0.1, 0.15) is 12.8 Å². The summed E-state index contributed by atoms with van der Waals surface area (Å²) >= 11 is 3.35. The van der Waals surface area contributed by atoms with Crippen LogP contribution in [0.15, 0.2) is 28.7 Å². The maximum Gasteiger partial charge on any atom is 0.258 e. The van der Waals surface area contributed by atoms with Crippen molar-refractivity contribution >= 4 is 21.8 Å². The molecule has 0 spiro atoms. The van der Waals surface area contributed by atoms with E-state index in [-0.39, 0.29) is 18.6 Å². The number of hydrogen-bond acceptors (Lipinski definition) is 3. The molecule has 0 radical (unpaired) electrons. The van der Waals surface area contributed by atoms with Crippen LogP contribution >= 0.6 is 15.9 Å². The predicted octanol–water partition coefficient (Wildman–Crippen LogP) is 2.12. The van der Waals surface area contributed by atoms with Crippen LogP contribution in [-0.2, 0) is 9.53 Å². The van der Waals surface area contributed by atoms with E-state index >= 15 is 0 Å². The van der Waals surface area contributed by atoms with Gasteiger partial charge in [0.25, 0.3) is 5.91 Å². The zero-order chi connectivity index (χ0) is 12.8. The zero-order valence-corrected chi connectivity index (χ0v) is 11.6. The summed E-state index contributed by atoms with van der Waals surface area (Å²) in [6.45, 7) is 1.40. The molecule has 1 aliphatic heterocycles. The first-order valence-corrected chi connectivity index (χ1v) is 6.80. The van der Waals surface area contributed by atoms with Gasteiger partial charge in [0.05, 0.1) is 6.10 Å². The molecule has 4 nitrogen and oxygen atoms in total. The summed E-state index contributed by atoms with van der Waals surface area (Å²) in [6, 6.07) is 7.42. The molecule has 98 valence electrons. The van der Waals surface area contributed by atoms with E-state index < -0.39 is 0 Å². The van der Waals surface area contributed by atoms with Crippen molar-refractivity contribution in [2.45, 2.75) is 18.9 Å². The van der Waals surface area contributed by atoms with Crippen molar-refractivity contribution in [2.24, 2.45) is 0 Å². The van der Waals surface area contributed by atoms with Crippen LogP contribution < -0.4 is 10.1 Å². The van der Waals surface area contributed by atoms with Crippen molar-refractivity contribution < 1.29 is 14.3 Å². The van der Waals surface area contributed by atoms with E-state index in [9.17, 15) is 4.79 Å². The fraction of sp³-hybridized carbons (Fsp3) is 0.462. The molecule has 0 bridgehead atoms. The van der Waals surface area contributed by atoms with Gasteiger partial charge in [0, 0.05) is 17.6 Å². The third-order valence-corrected chi connectivity index (χ3v) is 3.21. The Labute approximate surface area is 115 Å². The second-order valence-electron chi connectivity index (χ2n) is 4.19. The highest BCUT2D eigenvalue weighted by molar-refractivity contribution is 9.10. The Balaban J connectivity index is 1.68. The first-order valence-electron chi connectivity index (χ1n) is 6.01. The first-order chi connectivity index (χ1) is 8.74. The second-order valence-corrected chi connectivity index (χ2v) is 5.10. The molecule has 0 aromatic heterocycles. The lowest BCUT2D eigenvalue weighted by molar-refractivity contribution is -0.123. The lowest BCUT2D eigenvalue weighted by Crippen LogP contribution is -2.35. The Morgan fingerprint density at radius 1 is 1.56 bits per heavy atom. The minimum Gasteiger partial charge on any atom is -0.484 e. The lowest BCUT2D eigenvalue weighted by Gasteiger charge is -2.11. The first kappa shape index (κ1) is 13.4. The molecule has 0 aliphatic carbocycles. The van der Waals surface area contributed by atoms with Crippen LogP contribution in [0.2, 0.25) is 0 Å². The van der Waals surface area contributed by atoms with Crippen molar-refractivity contribution in [2.75, 3.05) is 19.8 Å². The molecule has 0 saturated carbocycles. The fourth-order valence-corrected chi connectivity index (χ4v) is 2.17. The van der Waals surface area contributed by atoms with Gasteiger partial charge in [0.1, 0.15) is 5.75 Å². The second kappa shape index (κ2) is 6.75. The standard InChI is InChI=1S/C13H16BrNO3/c14-10-3-1-4-11(7-10)18-9-13(16)15-8-12-5-2-6-17-12/h1,3-4,7,12H,2,5-6,8-9H2,(H,15,16)/t12-/m0/s1. The highest BCUT2D eigenvalue weighted by atomic mass is 79.9. The molecule has 2 rings (SSSR count). The highest BCUT2D eigenvalue weighted by Crippen LogP contribution is 2.17. The molecule has 1 aromatic rings. The van der Waals surface area contributed by atoms with Crippen LogP contribution in [0.3, 0.4) is 0 Å². The molecule has 5 heteroatoms. The molecule has 1 heterocycles. The molecule has 1 fully saturated rings. The van der Waals surface area contributed by atoms with E-state index in [0.717, 1.165) is 23.9 Å². The number of rotatable bonds is 5. The maximum absolute atomic E-state index is 11.6. The number of carbonyl (C=O) groups excluding carboxylic acids is 1. The summed E-state index contributed by atoms with van der Waals surface area (Å²) in [5.41, 5.74) is 0. The molecule has 1 N–H and O–H groups in total. The van der Waals surface area contributed by atoms with Gasteiger partial charge in [0.2, 0.25) is 0 Å². The van der Waals surface area contributed by atoms with Gasteiger partial charge in [-0.3, -0.25) is 4.79 Å². The molecule has 1 amide bonds. The van der Waals surface area contributed by atoms with Crippen LogP contribution in [0.5, 0.6) is 5.75 Å². The summed E-state index contributed by atoms with van der Waals surface area (Å²) in [4.78, 5) is 11.6. The van der Waals surface area contributed by atoms with Crippen molar-refractivity contribution in [3.05, 3.63) is 28.7 Å². The van der Waals surface area contributed by atoms with E-state index in [1.54, 1.807) is 0 Å². The predicted molar refractivity (Wildman–Crippen MR) is 71.6 cm³/mol. The Morgan fingerprint density at radius 3 is 3.17 bits per heavy atom. The quantitative estimate of drug-likeness (QED) is 0.906. The Morgan fingerprint density at radius 2 is 2.44 bits per heavy atom. The monoisotopic (exact) mass is 313 g/mol. The third-order valence-electron chi connectivity index (χ3n) is 2.72. The van der Waals surface area contributed by atoms with E-state index in [4.69, 9.17) is 9.47 Å². The van der Waals surface area contributed by atoms with Gasteiger partial charge in [-0.05, 0) is 31.0 Å². The highest BCUT2D eigenvalue weighted by Gasteiger charge is 2.16. The number of carbonyl (C=O) groups is 1. The van der Waals surface area contributed by atoms with E-state index in [2.05, 4.69) is 21.2 Å². The Bertz CT molecular complexity index is 405. The summed E-state index contributed by atoms with van der Waals surface area (Å²) in [5, 5.41) is 2.81. The van der Waals surface area contributed by atoms with Crippen LogP contribution in [0.4, 0.5) is 0 Å². The summed E-state index contributed by atoms with van der Waals surface area (Å²) in [5.74, 6) is 0.558. The molecular formula is C13H16BrNO3. The fourth-order valence-electron chi connectivity index (χ4n) is 1.79. The molecule has 1 aliphatic rings. The number of hydrogen-bond donors (Lipinski definition) is 1. The van der Waals surface area contributed by atoms with Crippen molar-refractivity contribution in [1.29, 1.82) is 0 Å². The minimum atomic E-state index is -0.120. The lowest BCUT2D eigenvalue weighted by atomic mass is 10.2. The van der Waals surface area contributed by atoms with E-state index in [1.807, 2.05) is 24.3 Å². The van der Waals surface area contributed by atoms with Gasteiger partial charge in [-0.25, -0.2) is 0 Å². The largest absolute Gasteiger partial charge is 0.484 e. The number of benzene rings is 1. The van der Waals surface area contributed by atoms with Gasteiger partial charge in [0.15, 0.2) is 6.61 Å². The SMILES string of the molecule is O=C(COc1cccc(Br)c1)NC[C@@H]1CCCO1. The number of halogens is 1. The van der Waals surface area contributed by atoms with Crippen LogP contribution in [0, 0.1) is 0 Å². The van der Waals surface area contributed by atoms with Crippen LogP contribution in [0.25, 0.3) is 0 Å². The van der Waals surface area contributed by atoms with Gasteiger partial charge < -0.3 is 14.8 Å². The molecule has 0 unspecified atom stereocenters. The average Bonchev–Trinajstić information content (AvgIpc) is 2.87. The Hall–Kier alpha value is -1.07. The van der Waals surface area contributed by atoms with Gasteiger partial charge >= 0.3 is 0 Å². The Kier molecular flexibility index (Phi) is 5.01. The number of amides is 1. The van der Waals surface area contributed by atoms with Crippen molar-refractivity contribution in [3.63, 3.8) is 0 Å². The molecule has 1 saturated heterocycles. The summed E-state index contributed by atoms with van der Waals surface area (Å²) in [6.07, 6.45) is 2.27.